The van der Waals surface area contributed by atoms with Crippen molar-refractivity contribution in [2.45, 2.75) is 38.9 Å². The predicted octanol–water partition coefficient (Wildman–Crippen LogP) is 3.44. The zero-order chi connectivity index (χ0) is 20.1. The Morgan fingerprint density at radius 1 is 1.36 bits per heavy atom. The Balaban J connectivity index is 1.73. The van der Waals surface area contributed by atoms with Gasteiger partial charge in [-0.15, -0.1) is 0 Å². The number of carbonyl (C=O) groups excluding carboxylic acids is 1. The van der Waals surface area contributed by atoms with Crippen LogP contribution in [-0.2, 0) is 16.1 Å². The summed E-state index contributed by atoms with van der Waals surface area (Å²) in [4.78, 5) is 14.6. The summed E-state index contributed by atoms with van der Waals surface area (Å²) < 4.78 is 7.17. The first-order chi connectivity index (χ1) is 13.5. The summed E-state index contributed by atoms with van der Waals surface area (Å²) in [6.45, 7) is 6.73. The lowest BCUT2D eigenvalue weighted by Gasteiger charge is -2.27. The average molecular weight is 405 g/mol. The number of aromatic nitrogens is 2. The van der Waals surface area contributed by atoms with Gasteiger partial charge < -0.3 is 15.0 Å². The molecule has 2 atom stereocenters. The molecule has 152 valence electrons. The van der Waals surface area contributed by atoms with Crippen molar-refractivity contribution in [3.05, 3.63) is 52.8 Å². The lowest BCUT2D eigenvalue weighted by molar-refractivity contribution is -0.129. The van der Waals surface area contributed by atoms with Crippen LogP contribution in [0.5, 0.6) is 0 Å². The largest absolute Gasteiger partial charge is 0.383 e. The van der Waals surface area contributed by atoms with Crippen molar-refractivity contribution in [1.29, 1.82) is 0 Å². The minimum Gasteiger partial charge on any atom is -0.383 e. The summed E-state index contributed by atoms with van der Waals surface area (Å²) in [6, 6.07) is 8.12. The number of halogens is 1. The van der Waals surface area contributed by atoms with Crippen molar-refractivity contribution in [2.75, 3.05) is 26.8 Å². The molecule has 6 nitrogen and oxygen atoms in total. The van der Waals surface area contributed by atoms with Crippen LogP contribution in [0.2, 0.25) is 5.02 Å². The molecule has 1 aromatic heterocycles. The Kier molecular flexibility index (Phi) is 7.10. The highest BCUT2D eigenvalue weighted by Crippen LogP contribution is 2.37. The quantitative estimate of drug-likeness (QED) is 0.695. The second kappa shape index (κ2) is 9.54. The Morgan fingerprint density at radius 2 is 2.14 bits per heavy atom. The van der Waals surface area contributed by atoms with E-state index in [-0.39, 0.29) is 23.9 Å². The summed E-state index contributed by atoms with van der Waals surface area (Å²) >= 11 is 6.25. The number of hydrogen-bond donors (Lipinski definition) is 1. The first kappa shape index (κ1) is 20.8. The van der Waals surface area contributed by atoms with Crippen LogP contribution in [0.25, 0.3) is 0 Å². The molecule has 2 aromatic rings. The van der Waals surface area contributed by atoms with Crippen LogP contribution in [0.3, 0.4) is 0 Å². The summed E-state index contributed by atoms with van der Waals surface area (Å²) in [5.41, 5.74) is 2.15. The lowest BCUT2D eigenvalue weighted by atomic mass is 9.95. The monoisotopic (exact) mass is 404 g/mol. The van der Waals surface area contributed by atoms with Crippen molar-refractivity contribution < 1.29 is 9.53 Å². The fourth-order valence-corrected chi connectivity index (χ4v) is 3.98. The van der Waals surface area contributed by atoms with Crippen LogP contribution in [-0.4, -0.2) is 47.4 Å². The molecule has 1 fully saturated rings. The second-order valence-corrected chi connectivity index (χ2v) is 7.97. The number of nitrogens with zero attached hydrogens (tertiary/aromatic N) is 3. The minimum absolute atomic E-state index is 0.00824. The maximum Gasteiger partial charge on any atom is 0.223 e. The highest BCUT2D eigenvalue weighted by molar-refractivity contribution is 6.31. The minimum atomic E-state index is 0.00824. The molecule has 2 heterocycles. The molecule has 1 saturated heterocycles. The van der Waals surface area contributed by atoms with E-state index in [2.05, 4.69) is 30.5 Å². The van der Waals surface area contributed by atoms with E-state index < -0.39 is 0 Å². The third-order valence-corrected chi connectivity index (χ3v) is 5.62. The van der Waals surface area contributed by atoms with Crippen molar-refractivity contribution >= 4 is 17.5 Å². The van der Waals surface area contributed by atoms with Gasteiger partial charge in [0.05, 0.1) is 18.8 Å². The van der Waals surface area contributed by atoms with Crippen LogP contribution in [0.15, 0.2) is 36.7 Å². The van der Waals surface area contributed by atoms with Gasteiger partial charge in [0.25, 0.3) is 0 Å². The SMILES string of the molecule is COCCN1C(=O)C[C@@H](CNCc2ccccc2Cl)[C@@H]1c1cnn(C(C)C)c1. The molecule has 0 saturated carbocycles. The molecule has 1 amide bonds. The van der Waals surface area contributed by atoms with Crippen LogP contribution in [0.1, 0.15) is 43.5 Å². The molecule has 1 N–H and O–H groups in total. The molecule has 1 aliphatic rings. The van der Waals surface area contributed by atoms with Crippen LogP contribution in [0, 0.1) is 5.92 Å². The van der Waals surface area contributed by atoms with E-state index in [0.29, 0.717) is 26.1 Å². The molecule has 7 heteroatoms. The number of amides is 1. The number of hydrogen-bond acceptors (Lipinski definition) is 4. The van der Waals surface area contributed by atoms with Gasteiger partial charge in [-0.25, -0.2) is 0 Å². The van der Waals surface area contributed by atoms with Gasteiger partial charge in [0, 0.05) is 61.9 Å². The topological polar surface area (TPSA) is 59.4 Å². The van der Waals surface area contributed by atoms with Gasteiger partial charge >= 0.3 is 0 Å². The molecule has 0 unspecified atom stereocenters. The van der Waals surface area contributed by atoms with Gasteiger partial charge in [-0.2, -0.15) is 5.10 Å². The second-order valence-electron chi connectivity index (χ2n) is 7.56. The van der Waals surface area contributed by atoms with Crippen molar-refractivity contribution in [1.82, 2.24) is 20.0 Å². The van der Waals surface area contributed by atoms with Crippen LogP contribution < -0.4 is 5.32 Å². The van der Waals surface area contributed by atoms with Gasteiger partial charge in [-0.1, -0.05) is 29.8 Å². The standard InChI is InChI=1S/C21H29ClN4O2/c1-15(2)26-14-18(13-24-26)21-17(10-20(27)25(21)8-9-28-3)12-23-11-16-6-4-5-7-19(16)22/h4-7,13-15,17,21,23H,8-12H2,1-3H3/t17-,21+/m0/s1. The number of ether oxygens (including phenoxy) is 1. The molecule has 0 bridgehead atoms. The summed E-state index contributed by atoms with van der Waals surface area (Å²) in [5, 5.41) is 8.73. The molecule has 0 radical (unpaired) electrons. The normalized spacial score (nSPS) is 19.8. The number of methoxy groups -OCH3 is 1. The van der Waals surface area contributed by atoms with Gasteiger partial charge in [0.1, 0.15) is 0 Å². The molecule has 3 rings (SSSR count). The molecule has 1 aromatic carbocycles. The third kappa shape index (κ3) is 4.74. The van der Waals surface area contributed by atoms with Gasteiger partial charge in [-0.3, -0.25) is 9.48 Å². The Bertz CT molecular complexity index is 792. The average Bonchev–Trinajstić information content (AvgIpc) is 3.26. The number of rotatable bonds is 9. The van der Waals surface area contributed by atoms with E-state index in [4.69, 9.17) is 16.3 Å². The Labute approximate surface area is 171 Å². The molecular weight excluding hydrogens is 376 g/mol. The van der Waals surface area contributed by atoms with Crippen molar-refractivity contribution in [3.63, 3.8) is 0 Å². The number of benzene rings is 1. The van der Waals surface area contributed by atoms with E-state index in [9.17, 15) is 4.79 Å². The predicted molar refractivity (Wildman–Crippen MR) is 110 cm³/mol. The zero-order valence-electron chi connectivity index (χ0n) is 16.8. The molecular formula is C21H29ClN4O2. The Hall–Kier alpha value is -1.89. The molecule has 0 aliphatic carbocycles. The summed E-state index contributed by atoms with van der Waals surface area (Å²) in [6.07, 6.45) is 4.48. The summed E-state index contributed by atoms with van der Waals surface area (Å²) in [5.74, 6) is 0.348. The molecule has 28 heavy (non-hydrogen) atoms. The highest BCUT2D eigenvalue weighted by Gasteiger charge is 2.40. The zero-order valence-corrected chi connectivity index (χ0v) is 17.5. The lowest BCUT2D eigenvalue weighted by Crippen LogP contribution is -2.33. The van der Waals surface area contributed by atoms with Crippen LogP contribution >= 0.6 is 11.6 Å². The first-order valence-electron chi connectivity index (χ1n) is 9.77. The molecule has 0 spiro atoms. The van der Waals surface area contributed by atoms with Gasteiger partial charge in [0.2, 0.25) is 5.91 Å². The molecule has 1 aliphatic heterocycles. The fourth-order valence-electron chi connectivity index (χ4n) is 3.77. The summed E-state index contributed by atoms with van der Waals surface area (Å²) in [7, 11) is 1.66. The maximum absolute atomic E-state index is 12.7. The van der Waals surface area contributed by atoms with Crippen molar-refractivity contribution in [3.8, 4) is 0 Å². The van der Waals surface area contributed by atoms with E-state index in [1.54, 1.807) is 7.11 Å². The number of nitrogens with one attached hydrogen (secondary N) is 1. The fraction of sp³-hybridized carbons (Fsp3) is 0.524. The first-order valence-corrected chi connectivity index (χ1v) is 10.2. The number of likely N-dealkylation sites (tertiary alicyclic amines) is 1. The van der Waals surface area contributed by atoms with Crippen molar-refractivity contribution in [2.24, 2.45) is 5.92 Å². The number of carbonyl (C=O) groups is 1. The highest BCUT2D eigenvalue weighted by atomic mass is 35.5. The van der Waals surface area contributed by atoms with Crippen LogP contribution in [0.4, 0.5) is 0 Å². The van der Waals surface area contributed by atoms with E-state index >= 15 is 0 Å². The van der Waals surface area contributed by atoms with Gasteiger partial charge in [-0.05, 0) is 25.5 Å². The Morgan fingerprint density at radius 3 is 2.82 bits per heavy atom. The van der Waals surface area contributed by atoms with E-state index in [0.717, 1.165) is 22.7 Å². The smallest absolute Gasteiger partial charge is 0.223 e. The van der Waals surface area contributed by atoms with Gasteiger partial charge in [0.15, 0.2) is 0 Å². The van der Waals surface area contributed by atoms with E-state index in [1.807, 2.05) is 40.0 Å². The third-order valence-electron chi connectivity index (χ3n) is 5.25. The van der Waals surface area contributed by atoms with E-state index in [1.165, 1.54) is 0 Å². The maximum atomic E-state index is 12.7.